The lowest BCUT2D eigenvalue weighted by molar-refractivity contribution is 0.564. The van der Waals surface area contributed by atoms with Gasteiger partial charge in [-0.15, -0.1) is 0 Å². The number of nitrogens with two attached hydrogens (primary N) is 1. The van der Waals surface area contributed by atoms with Gasteiger partial charge in [0.05, 0.1) is 22.0 Å². The molecule has 3 rings (SSSR count). The summed E-state index contributed by atoms with van der Waals surface area (Å²) >= 11 is 0. The lowest BCUT2D eigenvalue weighted by Crippen LogP contribution is -2.16. The Bertz CT molecular complexity index is 899. The minimum absolute atomic E-state index is 0.0232. The predicted molar refractivity (Wildman–Crippen MR) is 94.8 cm³/mol. The first kappa shape index (κ1) is 15.6. The predicted octanol–water partition coefficient (Wildman–Crippen LogP) is 3.17. The monoisotopic (exact) mass is 315 g/mol. The molecule has 0 bridgehead atoms. The molecule has 0 saturated carbocycles. The van der Waals surface area contributed by atoms with E-state index in [1.165, 1.54) is 12.8 Å². The fourth-order valence-corrected chi connectivity index (χ4v) is 3.23. The van der Waals surface area contributed by atoms with E-state index in [0.29, 0.717) is 17.6 Å². The molecule has 23 heavy (non-hydrogen) atoms. The number of H-pyrrole nitrogens is 1. The van der Waals surface area contributed by atoms with E-state index in [0.717, 1.165) is 41.6 Å². The van der Waals surface area contributed by atoms with Gasteiger partial charge < -0.3 is 15.4 Å². The van der Waals surface area contributed by atoms with Crippen LogP contribution in [0.15, 0.2) is 11.0 Å². The second-order valence-corrected chi connectivity index (χ2v) is 6.16. The van der Waals surface area contributed by atoms with E-state index in [1.807, 2.05) is 17.8 Å². The Morgan fingerprint density at radius 1 is 1.22 bits per heavy atom. The smallest absolute Gasteiger partial charge is 0.262 e. The number of unbranched alkanes of at least 4 members (excludes halogenated alkanes) is 2. The quantitative estimate of drug-likeness (QED) is 0.685. The Hall–Kier alpha value is -2.24. The third kappa shape index (κ3) is 2.42. The van der Waals surface area contributed by atoms with Crippen LogP contribution in [0.2, 0.25) is 0 Å². The van der Waals surface area contributed by atoms with Gasteiger partial charge in [-0.2, -0.15) is 0 Å². The van der Waals surface area contributed by atoms with E-state index in [4.69, 9.17) is 10.7 Å². The average Bonchev–Trinajstić information content (AvgIpc) is 3.04. The summed E-state index contributed by atoms with van der Waals surface area (Å²) in [5.41, 5.74) is 9.31. The Morgan fingerprint density at radius 2 is 2.00 bits per heavy atom. The molecule has 3 aromatic rings. The van der Waals surface area contributed by atoms with E-state index < -0.39 is 0 Å². The number of hydrogen-bond acceptors (Lipinski definition) is 3. The highest BCUT2D eigenvalue weighted by Gasteiger charge is 2.19. The number of aromatic amines is 1. The van der Waals surface area contributed by atoms with Gasteiger partial charge in [-0.3, -0.25) is 9.48 Å². The highest BCUT2D eigenvalue weighted by molar-refractivity contribution is 6.06. The first-order chi connectivity index (χ1) is 11.1. The first-order valence-electron chi connectivity index (χ1n) is 8.46. The van der Waals surface area contributed by atoms with Crippen LogP contribution in [-0.4, -0.2) is 19.3 Å². The Kier molecular flexibility index (Phi) is 4.15. The number of rotatable bonds is 6. The van der Waals surface area contributed by atoms with Gasteiger partial charge in [0.2, 0.25) is 0 Å². The summed E-state index contributed by atoms with van der Waals surface area (Å²) in [5, 5.41) is 4.61. The van der Waals surface area contributed by atoms with Crippen molar-refractivity contribution in [2.24, 2.45) is 0 Å². The van der Waals surface area contributed by atoms with Gasteiger partial charge in [0, 0.05) is 25.0 Å². The van der Waals surface area contributed by atoms with Crippen molar-refractivity contribution in [1.82, 2.24) is 19.3 Å². The Labute approximate surface area is 135 Å². The number of anilines is 1. The normalized spacial score (nSPS) is 11.8. The molecule has 0 radical (unpaired) electrons. The maximum atomic E-state index is 12.6. The second kappa shape index (κ2) is 6.10. The molecule has 124 valence electrons. The van der Waals surface area contributed by atoms with Crippen LogP contribution in [0, 0.1) is 6.92 Å². The first-order valence-corrected chi connectivity index (χ1v) is 8.46. The number of hydrogen-bond donors (Lipinski definition) is 2. The van der Waals surface area contributed by atoms with Crippen molar-refractivity contribution < 1.29 is 0 Å². The van der Waals surface area contributed by atoms with Crippen molar-refractivity contribution in [3.63, 3.8) is 0 Å². The SMILES string of the molecule is CCCCCn1[nH]cc2c(N)c3c(=O)n(CCC)c(C)c3nc21. The highest BCUT2D eigenvalue weighted by atomic mass is 16.1. The molecule has 0 atom stereocenters. The molecule has 0 spiro atoms. The molecule has 0 fully saturated rings. The van der Waals surface area contributed by atoms with Gasteiger partial charge in [-0.25, -0.2) is 4.98 Å². The Morgan fingerprint density at radius 3 is 2.70 bits per heavy atom. The molecule has 0 aliphatic carbocycles. The van der Waals surface area contributed by atoms with Crippen molar-refractivity contribution in [2.45, 2.75) is 59.5 Å². The average molecular weight is 315 g/mol. The van der Waals surface area contributed by atoms with Crippen LogP contribution in [0.1, 0.15) is 45.2 Å². The number of aryl methyl sites for hydroxylation is 2. The fourth-order valence-electron chi connectivity index (χ4n) is 3.23. The molecule has 0 aliphatic rings. The van der Waals surface area contributed by atoms with Crippen LogP contribution in [-0.2, 0) is 13.1 Å². The standard InChI is InChI=1S/C17H25N5O/c1-4-6-7-9-22-16-12(10-19-22)14(18)13-15(20-16)11(3)21(8-5-2)17(13)23/h10,19H,4-9,18H2,1-3H3. The van der Waals surface area contributed by atoms with Gasteiger partial charge in [-0.05, 0) is 19.8 Å². The lowest BCUT2D eigenvalue weighted by atomic mass is 10.2. The highest BCUT2D eigenvalue weighted by Crippen LogP contribution is 2.28. The van der Waals surface area contributed by atoms with Crippen molar-refractivity contribution >= 4 is 27.6 Å². The summed E-state index contributed by atoms with van der Waals surface area (Å²) in [4.78, 5) is 17.4. The zero-order valence-corrected chi connectivity index (χ0v) is 14.1. The van der Waals surface area contributed by atoms with Crippen molar-refractivity contribution in [3.8, 4) is 0 Å². The molecule has 6 heteroatoms. The maximum Gasteiger partial charge on any atom is 0.262 e. The molecule has 0 aromatic carbocycles. The van der Waals surface area contributed by atoms with Gasteiger partial charge in [-0.1, -0.05) is 26.7 Å². The van der Waals surface area contributed by atoms with Gasteiger partial charge in [0.15, 0.2) is 5.65 Å². The molecule has 0 saturated heterocycles. The van der Waals surface area contributed by atoms with Crippen molar-refractivity contribution in [1.29, 1.82) is 0 Å². The number of pyridine rings is 1. The number of nitrogens with one attached hydrogen (secondary N) is 1. The van der Waals surface area contributed by atoms with Gasteiger partial charge >= 0.3 is 0 Å². The zero-order valence-electron chi connectivity index (χ0n) is 14.1. The third-order valence-electron chi connectivity index (χ3n) is 4.51. The summed E-state index contributed by atoms with van der Waals surface area (Å²) in [6.45, 7) is 7.79. The molecule has 0 aliphatic heterocycles. The summed E-state index contributed by atoms with van der Waals surface area (Å²) in [6, 6.07) is 0. The zero-order chi connectivity index (χ0) is 16.6. The van der Waals surface area contributed by atoms with Crippen LogP contribution in [0.3, 0.4) is 0 Å². The van der Waals surface area contributed by atoms with E-state index in [9.17, 15) is 4.79 Å². The molecule has 0 amide bonds. The summed E-state index contributed by atoms with van der Waals surface area (Å²) < 4.78 is 3.82. The molecule has 6 nitrogen and oxygen atoms in total. The number of aromatic nitrogens is 4. The number of nitrogens with zero attached hydrogens (tertiary/aromatic N) is 3. The van der Waals surface area contributed by atoms with Crippen molar-refractivity contribution in [2.75, 3.05) is 5.73 Å². The minimum Gasteiger partial charge on any atom is -0.397 e. The number of fused-ring (bicyclic) bond motifs is 2. The van der Waals surface area contributed by atoms with Crippen LogP contribution < -0.4 is 11.3 Å². The van der Waals surface area contributed by atoms with E-state index in [-0.39, 0.29) is 5.56 Å². The van der Waals surface area contributed by atoms with Gasteiger partial charge in [0.25, 0.3) is 5.56 Å². The molecular formula is C17H25N5O. The largest absolute Gasteiger partial charge is 0.397 e. The summed E-state index contributed by atoms with van der Waals surface area (Å²) in [6.07, 6.45) is 6.22. The second-order valence-electron chi connectivity index (χ2n) is 6.16. The van der Waals surface area contributed by atoms with Crippen LogP contribution >= 0.6 is 0 Å². The molecule has 3 heterocycles. The molecule has 0 unspecified atom stereocenters. The van der Waals surface area contributed by atoms with Crippen LogP contribution in [0.4, 0.5) is 5.69 Å². The number of nitrogen functional groups attached to an aromatic ring is 1. The molecule has 3 aromatic heterocycles. The van der Waals surface area contributed by atoms with E-state index in [1.54, 1.807) is 4.57 Å². The maximum absolute atomic E-state index is 12.6. The summed E-state index contributed by atoms with van der Waals surface area (Å²) in [7, 11) is 0. The van der Waals surface area contributed by atoms with E-state index in [2.05, 4.69) is 18.9 Å². The molecule has 3 N–H and O–H groups in total. The third-order valence-corrected chi connectivity index (χ3v) is 4.51. The lowest BCUT2D eigenvalue weighted by Gasteiger charge is -2.05. The fraction of sp³-hybridized carbons (Fsp3) is 0.529. The minimum atomic E-state index is -0.0232. The van der Waals surface area contributed by atoms with Gasteiger partial charge in [0.1, 0.15) is 0 Å². The Balaban J connectivity index is 2.21. The topological polar surface area (TPSA) is 81.6 Å². The van der Waals surface area contributed by atoms with Crippen molar-refractivity contribution in [3.05, 3.63) is 22.2 Å². The molecular weight excluding hydrogens is 290 g/mol. The van der Waals surface area contributed by atoms with Crippen LogP contribution in [0.5, 0.6) is 0 Å². The van der Waals surface area contributed by atoms with Crippen LogP contribution in [0.25, 0.3) is 21.9 Å². The summed E-state index contributed by atoms with van der Waals surface area (Å²) in [5.74, 6) is 0. The van der Waals surface area contributed by atoms with E-state index >= 15 is 0 Å².